The minimum atomic E-state index is 0.327. The predicted octanol–water partition coefficient (Wildman–Crippen LogP) is 4.29. The maximum absolute atomic E-state index is 5.61. The summed E-state index contributed by atoms with van der Waals surface area (Å²) in [5, 5.41) is 13.4. The minimum absolute atomic E-state index is 0.327. The Morgan fingerprint density at radius 3 is 2.93 bits per heavy atom. The van der Waals surface area contributed by atoms with Crippen LogP contribution < -0.4 is 5.32 Å². The first-order chi connectivity index (χ1) is 13.6. The van der Waals surface area contributed by atoms with E-state index in [1.54, 1.807) is 0 Å². The molecule has 0 unspecified atom stereocenters. The van der Waals surface area contributed by atoms with Crippen LogP contribution in [0.1, 0.15) is 36.6 Å². The molecule has 1 aliphatic rings. The van der Waals surface area contributed by atoms with Crippen molar-refractivity contribution < 1.29 is 4.52 Å². The maximum atomic E-state index is 5.61. The molecule has 0 amide bonds. The van der Waals surface area contributed by atoms with Crippen molar-refractivity contribution in [2.75, 3.05) is 6.54 Å². The van der Waals surface area contributed by atoms with Gasteiger partial charge in [0.05, 0.1) is 5.52 Å². The molecule has 0 spiro atoms. The molecule has 0 aliphatic carbocycles. The molecule has 0 atom stereocenters. The molecule has 6 nitrogen and oxygen atoms in total. The van der Waals surface area contributed by atoms with E-state index in [1.165, 1.54) is 16.7 Å². The highest BCUT2D eigenvalue weighted by Gasteiger charge is 2.18. The van der Waals surface area contributed by atoms with Gasteiger partial charge in [0.15, 0.2) is 0 Å². The van der Waals surface area contributed by atoms with Gasteiger partial charge in [-0.1, -0.05) is 17.3 Å². The van der Waals surface area contributed by atoms with Crippen molar-refractivity contribution in [3.05, 3.63) is 53.2 Å². The first-order valence-corrected chi connectivity index (χ1v) is 9.75. The second-order valence-electron chi connectivity index (χ2n) is 7.70. The van der Waals surface area contributed by atoms with Gasteiger partial charge < -0.3 is 9.84 Å². The van der Waals surface area contributed by atoms with Gasteiger partial charge in [-0.3, -0.25) is 4.68 Å². The van der Waals surface area contributed by atoms with E-state index in [9.17, 15) is 0 Å². The standard InChI is InChI=1S/C22H23N5O/c1-13(2)27-12-17-10-15(5-7-20(17)25-27)22-24-21(26-28-22)19-6-4-16-11-23-9-8-18(16)14(19)3/h4-7,10,12-13,23H,8-9,11H2,1-3H3. The van der Waals surface area contributed by atoms with Crippen LogP contribution in [0.2, 0.25) is 0 Å². The lowest BCUT2D eigenvalue weighted by Crippen LogP contribution is -2.24. The number of aromatic nitrogens is 4. The third kappa shape index (κ3) is 2.81. The van der Waals surface area contributed by atoms with Crippen molar-refractivity contribution >= 4 is 10.9 Å². The molecule has 0 saturated carbocycles. The molecule has 0 radical (unpaired) electrons. The number of hydrogen-bond acceptors (Lipinski definition) is 5. The van der Waals surface area contributed by atoms with E-state index in [4.69, 9.17) is 4.52 Å². The molecule has 1 N–H and O–H groups in total. The number of nitrogens with zero attached hydrogens (tertiary/aromatic N) is 4. The Morgan fingerprint density at radius 2 is 2.07 bits per heavy atom. The Labute approximate surface area is 163 Å². The van der Waals surface area contributed by atoms with Gasteiger partial charge in [-0.25, -0.2) is 0 Å². The zero-order chi connectivity index (χ0) is 19.3. The van der Waals surface area contributed by atoms with E-state index in [-0.39, 0.29) is 0 Å². The van der Waals surface area contributed by atoms with Crippen LogP contribution in [0.4, 0.5) is 0 Å². The van der Waals surface area contributed by atoms with Crippen molar-refractivity contribution in [1.82, 2.24) is 25.2 Å². The molecule has 3 heterocycles. The highest BCUT2D eigenvalue weighted by Crippen LogP contribution is 2.30. The molecule has 5 rings (SSSR count). The van der Waals surface area contributed by atoms with Gasteiger partial charge in [-0.15, -0.1) is 0 Å². The molecule has 0 saturated heterocycles. The largest absolute Gasteiger partial charge is 0.334 e. The Bertz CT molecular complexity index is 1170. The summed E-state index contributed by atoms with van der Waals surface area (Å²) in [5.74, 6) is 1.18. The number of rotatable bonds is 3. The summed E-state index contributed by atoms with van der Waals surface area (Å²) in [6.45, 7) is 8.33. The Balaban J connectivity index is 1.52. The van der Waals surface area contributed by atoms with E-state index in [1.807, 2.05) is 16.8 Å². The molecule has 0 fully saturated rings. The summed E-state index contributed by atoms with van der Waals surface area (Å²) in [5.41, 5.74) is 6.95. The van der Waals surface area contributed by atoms with Crippen molar-refractivity contribution in [1.29, 1.82) is 0 Å². The summed E-state index contributed by atoms with van der Waals surface area (Å²) < 4.78 is 7.58. The van der Waals surface area contributed by atoms with Gasteiger partial charge in [0, 0.05) is 35.3 Å². The summed E-state index contributed by atoms with van der Waals surface area (Å²) in [7, 11) is 0. The SMILES string of the molecule is Cc1c(-c2noc(-c3ccc4nn(C(C)C)cc4c3)n2)ccc2c1CCNC2. The molecular formula is C22H23N5O. The highest BCUT2D eigenvalue weighted by molar-refractivity contribution is 5.83. The average molecular weight is 373 g/mol. The first kappa shape index (κ1) is 17.1. The molecule has 28 heavy (non-hydrogen) atoms. The van der Waals surface area contributed by atoms with E-state index >= 15 is 0 Å². The molecular weight excluding hydrogens is 350 g/mol. The maximum Gasteiger partial charge on any atom is 0.258 e. The lowest BCUT2D eigenvalue weighted by Gasteiger charge is -2.20. The van der Waals surface area contributed by atoms with Crippen LogP contribution in [0.25, 0.3) is 33.7 Å². The summed E-state index contributed by atoms with van der Waals surface area (Å²) in [6.07, 6.45) is 3.10. The smallest absolute Gasteiger partial charge is 0.258 e. The van der Waals surface area contributed by atoms with E-state index in [2.05, 4.69) is 65.7 Å². The van der Waals surface area contributed by atoms with Crippen LogP contribution in [0.15, 0.2) is 41.1 Å². The van der Waals surface area contributed by atoms with Crippen LogP contribution >= 0.6 is 0 Å². The fraction of sp³-hybridized carbons (Fsp3) is 0.318. The molecule has 1 aliphatic heterocycles. The van der Waals surface area contributed by atoms with Gasteiger partial charge in [0.1, 0.15) is 0 Å². The normalized spacial score (nSPS) is 14.0. The number of hydrogen-bond donors (Lipinski definition) is 1. The fourth-order valence-corrected chi connectivity index (χ4v) is 3.90. The lowest BCUT2D eigenvalue weighted by molar-refractivity contribution is 0.432. The third-order valence-electron chi connectivity index (χ3n) is 5.53. The zero-order valence-corrected chi connectivity index (χ0v) is 16.4. The molecule has 2 aromatic heterocycles. The van der Waals surface area contributed by atoms with E-state index < -0.39 is 0 Å². The van der Waals surface area contributed by atoms with Crippen LogP contribution in [-0.2, 0) is 13.0 Å². The van der Waals surface area contributed by atoms with Gasteiger partial charge in [-0.05, 0) is 68.6 Å². The van der Waals surface area contributed by atoms with Crippen molar-refractivity contribution in [3.8, 4) is 22.8 Å². The molecule has 0 bridgehead atoms. The van der Waals surface area contributed by atoms with Crippen LogP contribution in [0, 0.1) is 6.92 Å². The second-order valence-corrected chi connectivity index (χ2v) is 7.70. The molecule has 4 aromatic rings. The molecule has 142 valence electrons. The minimum Gasteiger partial charge on any atom is -0.334 e. The Kier molecular flexibility index (Phi) is 4.02. The van der Waals surface area contributed by atoms with Crippen molar-refractivity contribution in [3.63, 3.8) is 0 Å². The van der Waals surface area contributed by atoms with Gasteiger partial charge in [0.25, 0.3) is 5.89 Å². The number of nitrogens with one attached hydrogen (secondary N) is 1. The molecule has 6 heteroatoms. The van der Waals surface area contributed by atoms with Crippen LogP contribution in [0.3, 0.4) is 0 Å². The van der Waals surface area contributed by atoms with E-state index in [0.29, 0.717) is 17.8 Å². The fourth-order valence-electron chi connectivity index (χ4n) is 3.90. The second kappa shape index (κ2) is 6.56. The number of benzene rings is 2. The van der Waals surface area contributed by atoms with Gasteiger partial charge >= 0.3 is 0 Å². The number of fused-ring (bicyclic) bond motifs is 2. The lowest BCUT2D eigenvalue weighted by atomic mass is 9.92. The first-order valence-electron chi connectivity index (χ1n) is 9.75. The molecule has 2 aromatic carbocycles. The van der Waals surface area contributed by atoms with Gasteiger partial charge in [-0.2, -0.15) is 10.1 Å². The third-order valence-corrected chi connectivity index (χ3v) is 5.53. The summed E-state index contributed by atoms with van der Waals surface area (Å²) in [6, 6.07) is 10.7. The van der Waals surface area contributed by atoms with Crippen LogP contribution in [-0.4, -0.2) is 26.5 Å². The zero-order valence-electron chi connectivity index (χ0n) is 16.4. The average Bonchev–Trinajstić information content (AvgIpc) is 3.35. The Hall–Kier alpha value is -2.99. The highest BCUT2D eigenvalue weighted by atomic mass is 16.5. The topological polar surface area (TPSA) is 68.8 Å². The van der Waals surface area contributed by atoms with Crippen molar-refractivity contribution in [2.45, 2.75) is 39.8 Å². The van der Waals surface area contributed by atoms with E-state index in [0.717, 1.165) is 41.5 Å². The summed E-state index contributed by atoms with van der Waals surface area (Å²) in [4.78, 5) is 4.69. The summed E-state index contributed by atoms with van der Waals surface area (Å²) >= 11 is 0. The monoisotopic (exact) mass is 373 g/mol. The van der Waals surface area contributed by atoms with Crippen LogP contribution in [0.5, 0.6) is 0 Å². The Morgan fingerprint density at radius 1 is 1.18 bits per heavy atom. The van der Waals surface area contributed by atoms with Gasteiger partial charge in [0.2, 0.25) is 5.82 Å². The van der Waals surface area contributed by atoms with Crippen molar-refractivity contribution in [2.24, 2.45) is 0 Å². The quantitative estimate of drug-likeness (QED) is 0.580. The predicted molar refractivity (Wildman–Crippen MR) is 109 cm³/mol.